The lowest BCUT2D eigenvalue weighted by molar-refractivity contribution is -0.132. The van der Waals surface area contributed by atoms with Gasteiger partial charge in [0.25, 0.3) is 11.8 Å². The number of aliphatic hydroxyl groups excluding tert-OH is 1. The van der Waals surface area contributed by atoms with Crippen molar-refractivity contribution in [2.24, 2.45) is 23.7 Å². The van der Waals surface area contributed by atoms with Crippen LogP contribution in [-0.4, -0.2) is 53.2 Å². The summed E-state index contributed by atoms with van der Waals surface area (Å²) in [6, 6.07) is -0.812. The number of imide groups is 2. The van der Waals surface area contributed by atoms with Gasteiger partial charge in [0, 0.05) is 13.2 Å². The summed E-state index contributed by atoms with van der Waals surface area (Å²) in [6.07, 6.45) is 6.83. The number of carbonyl (C=O) groups is 3. The number of nitrogens with one attached hydrogen (secondary N) is 1. The van der Waals surface area contributed by atoms with Gasteiger partial charge in [-0.2, -0.15) is 0 Å². The fourth-order valence-corrected chi connectivity index (χ4v) is 5.56. The number of rotatable bonds is 5. The number of ether oxygens (including phenoxy) is 1. The molecule has 1 aliphatic heterocycles. The Balaban J connectivity index is 1.83. The number of methoxy groups -OCH3 is 1. The smallest absolute Gasteiger partial charge is 0.331 e. The molecule has 6 atom stereocenters. The molecule has 0 aromatic rings. The lowest BCUT2D eigenvalue weighted by atomic mass is 9.75. The molecule has 30 heavy (non-hydrogen) atoms. The SMILES string of the molecule is C=CCC1CC(/C=C2\C(=O)NC(=O)N(C3CC(C)CC(C)C3)C2=O)CC(OC)C1O. The molecule has 1 saturated heterocycles. The van der Waals surface area contributed by atoms with Crippen molar-refractivity contribution in [1.29, 1.82) is 0 Å². The summed E-state index contributed by atoms with van der Waals surface area (Å²) in [7, 11) is 1.55. The molecule has 0 radical (unpaired) electrons. The molecule has 166 valence electrons. The summed E-state index contributed by atoms with van der Waals surface area (Å²) < 4.78 is 5.45. The zero-order valence-corrected chi connectivity index (χ0v) is 18.2. The molecule has 2 aliphatic carbocycles. The van der Waals surface area contributed by atoms with Crippen LogP contribution >= 0.6 is 0 Å². The first kappa shape index (κ1) is 22.7. The Morgan fingerprint density at radius 1 is 1.13 bits per heavy atom. The van der Waals surface area contributed by atoms with Gasteiger partial charge in [0.15, 0.2) is 0 Å². The average molecular weight is 419 g/mol. The number of aliphatic hydroxyl groups is 1. The van der Waals surface area contributed by atoms with E-state index in [1.54, 1.807) is 19.3 Å². The van der Waals surface area contributed by atoms with Crippen LogP contribution in [0.3, 0.4) is 0 Å². The molecule has 4 amide bonds. The summed E-state index contributed by atoms with van der Waals surface area (Å²) in [4.78, 5) is 39.5. The van der Waals surface area contributed by atoms with Gasteiger partial charge in [-0.15, -0.1) is 6.58 Å². The Hall–Kier alpha value is -1.99. The minimum atomic E-state index is -0.640. The minimum absolute atomic E-state index is 0.0223. The molecule has 3 fully saturated rings. The normalized spacial score (nSPS) is 39.2. The van der Waals surface area contributed by atoms with E-state index < -0.39 is 23.9 Å². The molecule has 3 rings (SSSR count). The highest BCUT2D eigenvalue weighted by molar-refractivity contribution is 6.28. The van der Waals surface area contributed by atoms with E-state index in [2.05, 4.69) is 25.7 Å². The molecule has 3 aliphatic rings. The van der Waals surface area contributed by atoms with Gasteiger partial charge >= 0.3 is 6.03 Å². The van der Waals surface area contributed by atoms with Gasteiger partial charge in [-0.1, -0.05) is 26.0 Å². The molecule has 2 saturated carbocycles. The van der Waals surface area contributed by atoms with Gasteiger partial charge in [-0.05, 0) is 62.2 Å². The molecule has 1 heterocycles. The van der Waals surface area contributed by atoms with E-state index in [9.17, 15) is 19.5 Å². The van der Waals surface area contributed by atoms with Gasteiger partial charge in [-0.25, -0.2) is 4.79 Å². The van der Waals surface area contributed by atoms with Crippen LogP contribution in [0.1, 0.15) is 52.4 Å². The fourth-order valence-electron chi connectivity index (χ4n) is 5.56. The number of hydrogen-bond donors (Lipinski definition) is 2. The number of urea groups is 1. The highest BCUT2D eigenvalue weighted by Crippen LogP contribution is 2.36. The summed E-state index contributed by atoms with van der Waals surface area (Å²) in [6.45, 7) is 8.02. The van der Waals surface area contributed by atoms with Crippen molar-refractivity contribution in [3.05, 3.63) is 24.3 Å². The lowest BCUT2D eigenvalue weighted by Gasteiger charge is -2.40. The molecule has 6 unspecified atom stereocenters. The van der Waals surface area contributed by atoms with Crippen LogP contribution in [-0.2, 0) is 14.3 Å². The summed E-state index contributed by atoms with van der Waals surface area (Å²) in [5.41, 5.74) is 0.0223. The van der Waals surface area contributed by atoms with E-state index >= 15 is 0 Å². The molecule has 0 spiro atoms. The summed E-state index contributed by atoms with van der Waals surface area (Å²) in [5.74, 6) is -0.457. The van der Waals surface area contributed by atoms with Gasteiger partial charge < -0.3 is 9.84 Å². The second kappa shape index (κ2) is 9.43. The maximum absolute atomic E-state index is 13.2. The maximum Gasteiger partial charge on any atom is 0.331 e. The quantitative estimate of drug-likeness (QED) is 0.407. The molecule has 0 aromatic heterocycles. The van der Waals surface area contributed by atoms with Crippen molar-refractivity contribution in [3.63, 3.8) is 0 Å². The first-order valence-corrected chi connectivity index (χ1v) is 11.0. The van der Waals surface area contributed by atoms with Crippen LogP contribution in [0.4, 0.5) is 4.79 Å². The molecule has 7 heteroatoms. The number of amides is 4. The zero-order chi connectivity index (χ0) is 22.0. The van der Waals surface area contributed by atoms with Crippen molar-refractivity contribution < 1.29 is 24.2 Å². The second-order valence-electron chi connectivity index (χ2n) is 9.37. The van der Waals surface area contributed by atoms with Crippen LogP contribution in [0.2, 0.25) is 0 Å². The van der Waals surface area contributed by atoms with E-state index in [1.807, 2.05) is 0 Å². The maximum atomic E-state index is 13.2. The largest absolute Gasteiger partial charge is 0.390 e. The third kappa shape index (κ3) is 4.67. The number of barbiturate groups is 1. The first-order chi connectivity index (χ1) is 14.2. The number of nitrogens with zero attached hydrogens (tertiary/aromatic N) is 1. The van der Waals surface area contributed by atoms with Crippen LogP contribution < -0.4 is 5.32 Å². The van der Waals surface area contributed by atoms with Crippen molar-refractivity contribution in [2.75, 3.05) is 7.11 Å². The third-order valence-corrected chi connectivity index (χ3v) is 6.83. The number of allylic oxidation sites excluding steroid dienone is 2. The highest BCUT2D eigenvalue weighted by atomic mass is 16.5. The third-order valence-electron chi connectivity index (χ3n) is 6.83. The first-order valence-electron chi connectivity index (χ1n) is 11.0. The Labute approximate surface area is 178 Å². The lowest BCUT2D eigenvalue weighted by Crippen LogP contribution is -2.59. The zero-order valence-electron chi connectivity index (χ0n) is 18.2. The van der Waals surface area contributed by atoms with E-state index in [0.717, 1.165) is 19.3 Å². The molecule has 7 nitrogen and oxygen atoms in total. The van der Waals surface area contributed by atoms with E-state index in [4.69, 9.17) is 4.74 Å². The van der Waals surface area contributed by atoms with Gasteiger partial charge in [0.2, 0.25) is 0 Å². The monoisotopic (exact) mass is 418 g/mol. The molecule has 2 N–H and O–H groups in total. The average Bonchev–Trinajstić information content (AvgIpc) is 2.66. The van der Waals surface area contributed by atoms with Crippen molar-refractivity contribution in [1.82, 2.24) is 10.2 Å². The predicted molar refractivity (Wildman–Crippen MR) is 112 cm³/mol. The molecule has 0 bridgehead atoms. The van der Waals surface area contributed by atoms with Crippen molar-refractivity contribution in [3.8, 4) is 0 Å². The fraction of sp³-hybridized carbons (Fsp3) is 0.696. The Morgan fingerprint density at radius 2 is 1.80 bits per heavy atom. The van der Waals surface area contributed by atoms with E-state index in [-0.39, 0.29) is 29.6 Å². The minimum Gasteiger partial charge on any atom is -0.390 e. The second-order valence-corrected chi connectivity index (χ2v) is 9.37. The van der Waals surface area contributed by atoms with Gasteiger partial charge in [0.1, 0.15) is 5.57 Å². The van der Waals surface area contributed by atoms with Crippen LogP contribution in [0.5, 0.6) is 0 Å². The Bertz CT molecular complexity index is 723. The standard InChI is InChI=1S/C23H34N2O5/c1-5-6-16-10-15(12-19(30-4)20(16)26)11-18-21(27)24-23(29)25(22(18)28)17-8-13(2)7-14(3)9-17/h5,11,13-17,19-20,26H,1,6-10,12H2,2-4H3,(H,24,27,29)/b18-11+. The summed E-state index contributed by atoms with van der Waals surface area (Å²) in [5, 5.41) is 12.9. The van der Waals surface area contributed by atoms with Gasteiger partial charge in [0.05, 0.1) is 12.2 Å². The van der Waals surface area contributed by atoms with Crippen molar-refractivity contribution >= 4 is 17.8 Å². The van der Waals surface area contributed by atoms with Crippen LogP contribution in [0.25, 0.3) is 0 Å². The van der Waals surface area contributed by atoms with Gasteiger partial charge in [-0.3, -0.25) is 19.8 Å². The Morgan fingerprint density at radius 3 is 2.40 bits per heavy atom. The molecular formula is C23H34N2O5. The molecule has 0 aromatic carbocycles. The number of carbonyl (C=O) groups excluding carboxylic acids is 3. The van der Waals surface area contributed by atoms with E-state index in [1.165, 1.54) is 4.90 Å². The topological polar surface area (TPSA) is 95.9 Å². The van der Waals surface area contributed by atoms with E-state index in [0.29, 0.717) is 31.1 Å². The predicted octanol–water partition coefficient (Wildman–Crippen LogP) is 2.79. The van der Waals surface area contributed by atoms with Crippen molar-refractivity contribution in [2.45, 2.75) is 70.6 Å². The number of hydrogen-bond acceptors (Lipinski definition) is 5. The van der Waals surface area contributed by atoms with Crippen LogP contribution in [0.15, 0.2) is 24.3 Å². The van der Waals surface area contributed by atoms with Crippen LogP contribution in [0, 0.1) is 23.7 Å². The Kier molecular flexibility index (Phi) is 7.14. The summed E-state index contributed by atoms with van der Waals surface area (Å²) >= 11 is 0. The molecular weight excluding hydrogens is 384 g/mol. The highest BCUT2D eigenvalue weighted by Gasteiger charge is 2.43.